The zero-order chi connectivity index (χ0) is 49.1. The second-order valence-corrected chi connectivity index (χ2v) is 21.2. The fourth-order valence-corrected chi connectivity index (χ4v) is 11.9. The zero-order valence-electron chi connectivity index (χ0n) is 37.9. The molecule has 0 radical (unpaired) electrons. The number of fused-ring (bicyclic) bond motifs is 3. The smallest absolute Gasteiger partial charge is 0.408 e. The van der Waals surface area contributed by atoms with Crippen molar-refractivity contribution >= 4 is 45.3 Å². The Morgan fingerprint density at radius 2 is 1.53 bits per heavy atom. The molecule has 4 aromatic carbocycles. The number of carbonyl (C=O) groups is 2. The molecule has 5 heterocycles. The van der Waals surface area contributed by atoms with E-state index in [0.717, 1.165) is 68.8 Å². The molecule has 1 saturated carbocycles. The molecule has 1 aliphatic carbocycles. The number of piperidine rings is 3. The Morgan fingerprint density at radius 3 is 2.17 bits per heavy atom. The zero-order valence-corrected chi connectivity index (χ0v) is 40.2. The van der Waals surface area contributed by atoms with Crippen molar-refractivity contribution in [3.8, 4) is 17.2 Å². The lowest BCUT2D eigenvalue weighted by atomic mass is 9.73. The summed E-state index contributed by atoms with van der Waals surface area (Å²) in [6, 6.07) is 26.9. The Balaban J connectivity index is 0.873. The van der Waals surface area contributed by atoms with Crippen LogP contribution >= 0.6 is 23.2 Å². The molecule has 5 fully saturated rings. The van der Waals surface area contributed by atoms with Crippen LogP contribution in [0, 0.1) is 28.9 Å². The number of aromatic nitrogens is 1. The second kappa shape index (κ2) is 21.3. The molecule has 70 heavy (non-hydrogen) atoms. The largest absolute Gasteiger partial charge is 0.619 e. The van der Waals surface area contributed by atoms with Crippen LogP contribution in [0.25, 0.3) is 0 Å². The summed E-state index contributed by atoms with van der Waals surface area (Å²) in [5.74, 6) is -3.16. The van der Waals surface area contributed by atoms with Crippen molar-refractivity contribution < 1.29 is 55.6 Å². The van der Waals surface area contributed by atoms with Crippen LogP contribution in [0.3, 0.4) is 0 Å². The van der Waals surface area contributed by atoms with E-state index < -0.39 is 52.5 Å². The SMILES string of the molecule is O=C(N[C@@H](c1ccccc1)c1cccc(OCc2ccc(S(=O)(=O)N3CC(C(C(=O)O)[C@H](Cc4c(Cl)c[n+]([O-])cc4Cl)c4ccc(OC(F)F)c(OCC5CC5)c4)C3)cc2)c1)O[C@H]1CN2CCC1CC2. The minimum Gasteiger partial charge on any atom is -0.619 e. The van der Waals surface area contributed by atoms with Gasteiger partial charge in [-0.05, 0) is 116 Å². The molecule has 2 bridgehead atoms. The van der Waals surface area contributed by atoms with E-state index in [1.807, 2.05) is 48.5 Å². The van der Waals surface area contributed by atoms with Crippen molar-refractivity contribution in [2.24, 2.45) is 23.7 Å². The predicted molar refractivity (Wildman–Crippen MR) is 255 cm³/mol. The van der Waals surface area contributed by atoms with Crippen LogP contribution in [0.5, 0.6) is 17.2 Å². The van der Waals surface area contributed by atoms with E-state index in [9.17, 15) is 37.1 Å². The van der Waals surface area contributed by atoms with Crippen molar-refractivity contribution in [1.29, 1.82) is 0 Å². The molecular formula is C51H52Cl2F2N4O10S. The molecule has 1 aromatic heterocycles. The van der Waals surface area contributed by atoms with E-state index in [2.05, 4.69) is 10.2 Å². The van der Waals surface area contributed by atoms with Crippen LogP contribution in [-0.4, -0.2) is 86.8 Å². The maximum atomic E-state index is 14.0. The first-order chi connectivity index (χ1) is 33.7. The summed E-state index contributed by atoms with van der Waals surface area (Å²) >= 11 is 13.0. The summed E-state index contributed by atoms with van der Waals surface area (Å²) in [5, 5.41) is 26.0. The van der Waals surface area contributed by atoms with E-state index in [-0.39, 0.29) is 76.7 Å². The molecule has 0 spiro atoms. The minimum atomic E-state index is -4.08. The number of carbonyl (C=O) groups excluding carboxylic acids is 1. The predicted octanol–water partition coefficient (Wildman–Crippen LogP) is 8.85. The molecule has 19 heteroatoms. The van der Waals surface area contributed by atoms with Crippen LogP contribution < -0.4 is 24.3 Å². The number of carboxylic acid groups (broad SMARTS) is 1. The van der Waals surface area contributed by atoms with Crippen molar-refractivity contribution in [2.45, 2.75) is 68.3 Å². The van der Waals surface area contributed by atoms with Crippen molar-refractivity contribution in [2.75, 3.05) is 39.3 Å². The van der Waals surface area contributed by atoms with Gasteiger partial charge in [-0.15, -0.1) is 0 Å². The first kappa shape index (κ1) is 49.3. The Labute approximate surface area is 414 Å². The molecule has 4 saturated heterocycles. The number of halogens is 4. The van der Waals surface area contributed by atoms with Crippen molar-refractivity contribution in [3.63, 3.8) is 0 Å². The van der Waals surface area contributed by atoms with Crippen LogP contribution in [-0.2, 0) is 32.6 Å². The van der Waals surface area contributed by atoms with Gasteiger partial charge in [0.2, 0.25) is 10.0 Å². The third-order valence-electron chi connectivity index (χ3n) is 13.8. The lowest BCUT2D eigenvalue weighted by Crippen LogP contribution is -2.55. The Morgan fingerprint density at radius 1 is 0.829 bits per heavy atom. The first-order valence-electron chi connectivity index (χ1n) is 23.3. The molecule has 4 atom stereocenters. The van der Waals surface area contributed by atoms with Gasteiger partial charge < -0.3 is 34.6 Å². The monoisotopic (exact) mass is 1020 g/mol. The fraction of sp³-hybridized carbons (Fsp3) is 0.392. The maximum Gasteiger partial charge on any atom is 0.408 e. The molecule has 4 aliphatic heterocycles. The first-order valence-corrected chi connectivity index (χ1v) is 25.5. The molecule has 10 rings (SSSR count). The number of nitrogens with zero attached hydrogens (tertiary/aromatic N) is 3. The van der Waals surface area contributed by atoms with Gasteiger partial charge in [-0.3, -0.25) is 9.69 Å². The van der Waals surface area contributed by atoms with Crippen LogP contribution in [0.15, 0.2) is 114 Å². The third kappa shape index (κ3) is 11.6. The van der Waals surface area contributed by atoms with E-state index in [1.54, 1.807) is 18.2 Å². The number of amides is 1. The summed E-state index contributed by atoms with van der Waals surface area (Å²) in [6.45, 7) is -0.247. The molecule has 2 N–H and O–H groups in total. The lowest BCUT2D eigenvalue weighted by molar-refractivity contribution is -0.605. The highest BCUT2D eigenvalue weighted by molar-refractivity contribution is 7.89. The van der Waals surface area contributed by atoms with Gasteiger partial charge in [0, 0.05) is 37.0 Å². The summed E-state index contributed by atoms with van der Waals surface area (Å²) in [5.41, 5.74) is 3.00. The number of rotatable bonds is 20. The number of pyridine rings is 1. The van der Waals surface area contributed by atoms with Gasteiger partial charge in [-0.2, -0.15) is 17.8 Å². The second-order valence-electron chi connectivity index (χ2n) is 18.5. The number of hydrogen-bond donors (Lipinski definition) is 2. The average molecular weight is 1020 g/mol. The van der Waals surface area contributed by atoms with Crippen molar-refractivity contribution in [1.82, 2.24) is 14.5 Å². The number of ether oxygens (including phenoxy) is 4. The fourth-order valence-electron chi connectivity index (χ4n) is 9.74. The van der Waals surface area contributed by atoms with Crippen LogP contribution in [0.2, 0.25) is 10.0 Å². The van der Waals surface area contributed by atoms with Crippen molar-refractivity contribution in [3.05, 3.63) is 153 Å². The number of hydrogen-bond acceptors (Lipinski definition) is 10. The highest BCUT2D eigenvalue weighted by Gasteiger charge is 2.47. The van der Waals surface area contributed by atoms with E-state index in [1.165, 1.54) is 34.6 Å². The Kier molecular flexibility index (Phi) is 15.0. The van der Waals surface area contributed by atoms with Crippen LogP contribution in [0.1, 0.15) is 65.5 Å². The van der Waals surface area contributed by atoms with Gasteiger partial charge >= 0.3 is 18.7 Å². The third-order valence-corrected chi connectivity index (χ3v) is 16.3. The summed E-state index contributed by atoms with van der Waals surface area (Å²) in [7, 11) is -4.08. The number of nitrogens with one attached hydrogen (secondary N) is 1. The highest BCUT2D eigenvalue weighted by Crippen LogP contribution is 2.44. The van der Waals surface area contributed by atoms with Gasteiger partial charge in [-0.25, -0.2) is 13.2 Å². The molecule has 1 amide bonds. The Hall–Kier alpha value is -5.72. The van der Waals surface area contributed by atoms with E-state index >= 15 is 0 Å². The van der Waals surface area contributed by atoms with E-state index in [0.29, 0.717) is 27.5 Å². The number of sulfonamides is 1. The normalized spacial score (nSPS) is 20.5. The topological polar surface area (TPSA) is 171 Å². The molecular weight excluding hydrogens is 970 g/mol. The molecule has 5 aromatic rings. The Bertz CT molecular complexity index is 2760. The number of aliphatic carboxylic acids is 1. The van der Waals surface area contributed by atoms with Gasteiger partial charge in [0.1, 0.15) is 28.5 Å². The summed E-state index contributed by atoms with van der Waals surface area (Å²) in [6.07, 6.45) is 5.34. The summed E-state index contributed by atoms with van der Waals surface area (Å²) in [4.78, 5) is 28.9. The quantitative estimate of drug-likeness (QED) is 0.0564. The average Bonchev–Trinajstić information content (AvgIpc) is 4.16. The lowest BCUT2D eigenvalue weighted by Gasteiger charge is -2.43. The molecule has 14 nitrogen and oxygen atoms in total. The minimum absolute atomic E-state index is 0.00266. The number of carboxylic acids is 1. The van der Waals surface area contributed by atoms with E-state index in [4.69, 9.17) is 42.1 Å². The molecule has 1 unspecified atom stereocenters. The molecule has 5 aliphatic rings. The maximum absolute atomic E-state index is 14.0. The van der Waals surface area contributed by atoms with Gasteiger partial charge in [0.05, 0.1) is 23.5 Å². The highest BCUT2D eigenvalue weighted by atomic mass is 35.5. The van der Waals surface area contributed by atoms with Gasteiger partial charge in [0.15, 0.2) is 23.9 Å². The van der Waals surface area contributed by atoms with Gasteiger partial charge in [0.25, 0.3) is 0 Å². The standard InChI is InChI=1S/C51H52Cl2F2N4O10S/c52-42-26-58(63)27-43(53)41(42)23-40(35-13-16-44(68-50(54)55)45(22-35)67-30-31-9-10-31)47(49(60)61)37-24-59(25-37)70(64,65)39-14-11-32(12-15-39)29-66-38-8-4-7-36(21-38)48(34-5-2-1-3-6-34)56-51(62)69-46-28-57-19-17-33(46)18-20-57/h1-8,11-16,21-22,26-27,31,33,37,40,46-48,50H,9-10,17-20,23-25,28-30H2,(H,56,62)(H,60,61)/t40-,46+,47?,48+/m1/s1. The van der Waals surface area contributed by atoms with Crippen LogP contribution in [0.4, 0.5) is 13.6 Å². The molecule has 370 valence electrons. The number of alkyl halides is 2. The number of alkyl carbamates (subject to hydrolysis) is 1. The summed E-state index contributed by atoms with van der Waals surface area (Å²) < 4.78 is 79.3. The number of benzene rings is 4. The van der Waals surface area contributed by atoms with Gasteiger partial charge in [-0.1, -0.05) is 83.9 Å².